The monoisotopic (exact) mass is 408 g/mol. The fourth-order valence-corrected chi connectivity index (χ4v) is 3.24. The molecular formula is C18H10BrF3NO2-. The van der Waals surface area contributed by atoms with E-state index in [2.05, 4.69) is 20.9 Å². The Hall–Kier alpha value is -2.41. The minimum Gasteiger partial charge on any atom is -0.545 e. The number of rotatable bonds is 3. The van der Waals surface area contributed by atoms with Crippen LogP contribution in [0.4, 0.5) is 13.2 Å². The summed E-state index contributed by atoms with van der Waals surface area (Å²) in [5.74, 6) is -1.40. The number of carboxylic acids is 1. The van der Waals surface area contributed by atoms with Crippen LogP contribution >= 0.6 is 15.9 Å². The normalized spacial score (nSPS) is 11.7. The van der Waals surface area contributed by atoms with Crippen molar-refractivity contribution in [1.29, 1.82) is 0 Å². The Balaban J connectivity index is 2.35. The van der Waals surface area contributed by atoms with Crippen LogP contribution in [-0.2, 0) is 11.5 Å². The summed E-state index contributed by atoms with van der Waals surface area (Å²) in [6.45, 7) is 0. The van der Waals surface area contributed by atoms with Crippen LogP contribution in [0.25, 0.3) is 22.2 Å². The molecule has 25 heavy (non-hydrogen) atoms. The van der Waals surface area contributed by atoms with Gasteiger partial charge < -0.3 is 9.90 Å². The van der Waals surface area contributed by atoms with Crippen LogP contribution in [0.1, 0.15) is 21.5 Å². The average molecular weight is 409 g/mol. The second-order valence-corrected chi connectivity index (χ2v) is 5.89. The zero-order chi connectivity index (χ0) is 18.2. The van der Waals surface area contributed by atoms with Crippen LogP contribution in [-0.4, -0.2) is 11.0 Å². The highest BCUT2D eigenvalue weighted by atomic mass is 79.9. The molecule has 7 heteroatoms. The number of hydrogen-bond donors (Lipinski definition) is 0. The summed E-state index contributed by atoms with van der Waals surface area (Å²) in [5, 5.41) is 12.2. The molecule has 0 unspecified atom stereocenters. The van der Waals surface area contributed by atoms with Gasteiger partial charge in [-0.2, -0.15) is 13.2 Å². The molecule has 0 spiro atoms. The molecule has 0 bridgehead atoms. The number of pyridine rings is 1. The van der Waals surface area contributed by atoms with Gasteiger partial charge in [0.2, 0.25) is 0 Å². The molecule has 0 atom stereocenters. The zero-order valence-electron chi connectivity index (χ0n) is 12.6. The van der Waals surface area contributed by atoms with Crippen LogP contribution < -0.4 is 5.11 Å². The molecule has 0 aliphatic heterocycles. The molecule has 0 N–H and O–H groups in total. The largest absolute Gasteiger partial charge is 0.545 e. The van der Waals surface area contributed by atoms with Crippen molar-refractivity contribution in [2.75, 3.05) is 0 Å². The first-order valence-electron chi connectivity index (χ1n) is 7.19. The summed E-state index contributed by atoms with van der Waals surface area (Å²) in [4.78, 5) is 16.1. The van der Waals surface area contributed by atoms with E-state index in [4.69, 9.17) is 0 Å². The maximum Gasteiger partial charge on any atom is 0.416 e. The topological polar surface area (TPSA) is 53.0 Å². The minimum atomic E-state index is -4.50. The van der Waals surface area contributed by atoms with Crippen molar-refractivity contribution in [3.8, 4) is 11.3 Å². The third-order valence-electron chi connectivity index (χ3n) is 3.79. The van der Waals surface area contributed by atoms with Crippen molar-refractivity contribution in [1.82, 2.24) is 4.98 Å². The van der Waals surface area contributed by atoms with Gasteiger partial charge in [0.05, 0.1) is 22.7 Å². The van der Waals surface area contributed by atoms with Gasteiger partial charge in [-0.25, -0.2) is 4.98 Å². The Labute approximate surface area is 149 Å². The third kappa shape index (κ3) is 3.24. The number of carboxylic acid groups (broad SMARTS) is 1. The fourth-order valence-electron chi connectivity index (χ4n) is 2.70. The van der Waals surface area contributed by atoms with E-state index in [1.165, 1.54) is 12.1 Å². The molecule has 1 heterocycles. The Morgan fingerprint density at radius 2 is 1.84 bits per heavy atom. The third-order valence-corrected chi connectivity index (χ3v) is 4.36. The van der Waals surface area contributed by atoms with Crippen LogP contribution in [0, 0.1) is 0 Å². The summed E-state index contributed by atoms with van der Waals surface area (Å²) in [7, 11) is 0. The Bertz CT molecular complexity index is 970. The van der Waals surface area contributed by atoms with Crippen molar-refractivity contribution < 1.29 is 23.1 Å². The van der Waals surface area contributed by atoms with Gasteiger partial charge in [0, 0.05) is 21.8 Å². The van der Waals surface area contributed by atoms with E-state index in [0.29, 0.717) is 10.9 Å². The maximum absolute atomic E-state index is 13.0. The summed E-state index contributed by atoms with van der Waals surface area (Å²) < 4.78 is 39.0. The number of hydrogen-bond acceptors (Lipinski definition) is 3. The van der Waals surface area contributed by atoms with Gasteiger partial charge in [0.25, 0.3) is 0 Å². The molecule has 3 nitrogen and oxygen atoms in total. The Morgan fingerprint density at radius 3 is 2.48 bits per heavy atom. The molecule has 0 amide bonds. The van der Waals surface area contributed by atoms with Gasteiger partial charge in [-0.3, -0.25) is 0 Å². The number of aromatic nitrogens is 1. The molecule has 0 radical (unpaired) electrons. The summed E-state index contributed by atoms with van der Waals surface area (Å²) in [6.07, 6.45) is -4.50. The molecule has 0 saturated carbocycles. The fraction of sp³-hybridized carbons (Fsp3) is 0.111. The number of alkyl halides is 4. The van der Waals surface area contributed by atoms with Crippen molar-refractivity contribution in [3.63, 3.8) is 0 Å². The van der Waals surface area contributed by atoms with Gasteiger partial charge in [0.1, 0.15) is 0 Å². The predicted octanol–water partition coefficient (Wildman–Crippen LogP) is 4.18. The van der Waals surface area contributed by atoms with E-state index in [1.54, 1.807) is 24.3 Å². The molecule has 1 aromatic heterocycles. The quantitative estimate of drug-likeness (QED) is 0.610. The first-order chi connectivity index (χ1) is 11.8. The van der Waals surface area contributed by atoms with Crippen LogP contribution in [0.5, 0.6) is 0 Å². The molecule has 0 saturated heterocycles. The van der Waals surface area contributed by atoms with Gasteiger partial charge in [-0.1, -0.05) is 46.3 Å². The van der Waals surface area contributed by atoms with E-state index < -0.39 is 17.7 Å². The molecule has 0 aliphatic carbocycles. The zero-order valence-corrected chi connectivity index (χ0v) is 14.2. The highest BCUT2D eigenvalue weighted by Crippen LogP contribution is 2.35. The lowest BCUT2D eigenvalue weighted by Crippen LogP contribution is -2.24. The number of carbonyl (C=O) groups is 1. The molecule has 2 aromatic carbocycles. The lowest BCUT2D eigenvalue weighted by Gasteiger charge is -2.17. The lowest BCUT2D eigenvalue weighted by atomic mass is 9.97. The Morgan fingerprint density at radius 1 is 1.12 bits per heavy atom. The van der Waals surface area contributed by atoms with E-state index in [-0.39, 0.29) is 27.7 Å². The summed E-state index contributed by atoms with van der Waals surface area (Å²) in [6, 6.07) is 11.2. The highest BCUT2D eigenvalue weighted by Gasteiger charge is 2.31. The molecular weight excluding hydrogens is 399 g/mol. The molecule has 0 aliphatic rings. The first-order valence-corrected chi connectivity index (χ1v) is 8.31. The van der Waals surface area contributed by atoms with Gasteiger partial charge in [-0.15, -0.1) is 0 Å². The first kappa shape index (κ1) is 17.4. The molecule has 0 fully saturated rings. The SMILES string of the molecule is O=C([O-])c1c(CBr)c(-c2cccc(C(F)(F)F)c2)nc2ccccc12. The minimum absolute atomic E-state index is 0.0742. The summed E-state index contributed by atoms with van der Waals surface area (Å²) in [5.41, 5.74) is 0.126. The van der Waals surface area contributed by atoms with Crippen molar-refractivity contribution >= 4 is 32.8 Å². The van der Waals surface area contributed by atoms with E-state index in [9.17, 15) is 23.1 Å². The number of halogens is 4. The van der Waals surface area contributed by atoms with E-state index >= 15 is 0 Å². The maximum atomic E-state index is 13.0. The van der Waals surface area contributed by atoms with Gasteiger partial charge in [0.15, 0.2) is 0 Å². The lowest BCUT2D eigenvalue weighted by molar-refractivity contribution is -0.254. The number of para-hydroxylation sites is 1. The number of nitrogens with zero attached hydrogens (tertiary/aromatic N) is 1. The van der Waals surface area contributed by atoms with Crippen molar-refractivity contribution in [2.45, 2.75) is 11.5 Å². The van der Waals surface area contributed by atoms with Crippen LogP contribution in [0.3, 0.4) is 0 Å². The molecule has 128 valence electrons. The number of aromatic carboxylic acids is 1. The predicted molar refractivity (Wildman–Crippen MR) is 89.1 cm³/mol. The smallest absolute Gasteiger partial charge is 0.416 e. The number of carbonyl (C=O) groups excluding carboxylic acids is 1. The highest BCUT2D eigenvalue weighted by molar-refractivity contribution is 9.08. The van der Waals surface area contributed by atoms with Gasteiger partial charge >= 0.3 is 6.18 Å². The van der Waals surface area contributed by atoms with Crippen molar-refractivity contribution in [3.05, 3.63) is 65.2 Å². The van der Waals surface area contributed by atoms with E-state index in [1.807, 2.05) is 0 Å². The Kier molecular flexibility index (Phi) is 4.51. The van der Waals surface area contributed by atoms with E-state index in [0.717, 1.165) is 12.1 Å². The number of fused-ring (bicyclic) bond motifs is 1. The molecule has 3 rings (SSSR count). The summed E-state index contributed by atoms with van der Waals surface area (Å²) >= 11 is 3.22. The number of benzene rings is 2. The standard InChI is InChI=1S/C18H11BrF3NO2/c19-9-13-15(17(24)25)12-6-1-2-7-14(12)23-16(13)10-4-3-5-11(8-10)18(20,21)22/h1-8H,9H2,(H,24,25)/p-1. The average Bonchev–Trinajstić information content (AvgIpc) is 2.59. The van der Waals surface area contributed by atoms with Crippen LogP contribution in [0.2, 0.25) is 0 Å². The van der Waals surface area contributed by atoms with Gasteiger partial charge in [-0.05, 0) is 23.8 Å². The van der Waals surface area contributed by atoms with Crippen molar-refractivity contribution in [2.24, 2.45) is 0 Å². The van der Waals surface area contributed by atoms with Crippen LogP contribution in [0.15, 0.2) is 48.5 Å². The second-order valence-electron chi connectivity index (χ2n) is 5.33. The molecule has 3 aromatic rings. The second kappa shape index (κ2) is 6.48.